The smallest absolute Gasteiger partial charge is 0.338 e. The topological polar surface area (TPSA) is 69.6 Å². The van der Waals surface area contributed by atoms with Crippen molar-refractivity contribution < 1.29 is 14.7 Å². The molecule has 0 aromatic carbocycles. The first-order chi connectivity index (χ1) is 9.42. The van der Waals surface area contributed by atoms with Crippen molar-refractivity contribution in [3.8, 4) is 0 Å². The van der Waals surface area contributed by atoms with Gasteiger partial charge in [-0.3, -0.25) is 5.32 Å². The SMILES string of the molecule is CCCN(CCC)C(=O)Nc1sc(C)c(C)c1C(=O)O. The summed E-state index contributed by atoms with van der Waals surface area (Å²) in [6.45, 7) is 8.99. The van der Waals surface area contributed by atoms with E-state index in [1.54, 1.807) is 11.8 Å². The number of aryl methyl sites for hydroxylation is 1. The first-order valence-corrected chi connectivity index (χ1v) is 7.63. The number of urea groups is 1. The van der Waals surface area contributed by atoms with Gasteiger partial charge in [-0.05, 0) is 32.3 Å². The Balaban J connectivity index is 2.94. The van der Waals surface area contributed by atoms with Crippen LogP contribution in [0, 0.1) is 13.8 Å². The number of thiophene rings is 1. The number of anilines is 1. The van der Waals surface area contributed by atoms with Crippen LogP contribution in [0.5, 0.6) is 0 Å². The Labute approximate surface area is 123 Å². The number of nitrogens with one attached hydrogen (secondary N) is 1. The second-order valence-electron chi connectivity index (χ2n) is 4.71. The molecule has 2 amide bonds. The molecule has 1 heterocycles. The molecule has 20 heavy (non-hydrogen) atoms. The van der Waals surface area contributed by atoms with Crippen molar-refractivity contribution in [3.05, 3.63) is 16.0 Å². The molecule has 0 fully saturated rings. The zero-order valence-electron chi connectivity index (χ0n) is 12.4. The van der Waals surface area contributed by atoms with E-state index in [1.807, 2.05) is 20.8 Å². The molecular weight excluding hydrogens is 276 g/mol. The van der Waals surface area contributed by atoms with E-state index in [1.165, 1.54) is 11.3 Å². The van der Waals surface area contributed by atoms with E-state index in [2.05, 4.69) is 5.32 Å². The van der Waals surface area contributed by atoms with E-state index in [0.717, 1.165) is 23.3 Å². The van der Waals surface area contributed by atoms with Crippen LogP contribution in [-0.4, -0.2) is 35.1 Å². The molecule has 0 radical (unpaired) electrons. The number of nitrogens with zero attached hydrogens (tertiary/aromatic N) is 1. The minimum absolute atomic E-state index is 0.203. The summed E-state index contributed by atoms with van der Waals surface area (Å²) in [6.07, 6.45) is 1.75. The van der Waals surface area contributed by atoms with Crippen molar-refractivity contribution in [2.24, 2.45) is 0 Å². The summed E-state index contributed by atoms with van der Waals surface area (Å²) in [5.41, 5.74) is 0.920. The quantitative estimate of drug-likeness (QED) is 0.841. The Morgan fingerprint density at radius 2 is 1.75 bits per heavy atom. The Morgan fingerprint density at radius 3 is 2.20 bits per heavy atom. The van der Waals surface area contributed by atoms with Gasteiger partial charge in [0.05, 0.1) is 5.56 Å². The molecule has 0 saturated heterocycles. The summed E-state index contributed by atoms with van der Waals surface area (Å²) < 4.78 is 0. The lowest BCUT2D eigenvalue weighted by Gasteiger charge is -2.21. The molecule has 112 valence electrons. The molecule has 1 rings (SSSR count). The molecule has 0 bridgehead atoms. The molecule has 0 aliphatic rings. The van der Waals surface area contributed by atoms with Crippen LogP contribution in [0.2, 0.25) is 0 Å². The third kappa shape index (κ3) is 3.72. The third-order valence-electron chi connectivity index (χ3n) is 3.09. The van der Waals surface area contributed by atoms with Crippen LogP contribution in [0.1, 0.15) is 47.5 Å². The van der Waals surface area contributed by atoms with E-state index < -0.39 is 5.97 Å². The first-order valence-electron chi connectivity index (χ1n) is 6.81. The maximum Gasteiger partial charge on any atom is 0.338 e. The van der Waals surface area contributed by atoms with Gasteiger partial charge in [0.25, 0.3) is 0 Å². The monoisotopic (exact) mass is 298 g/mol. The van der Waals surface area contributed by atoms with Crippen LogP contribution in [0.4, 0.5) is 9.80 Å². The van der Waals surface area contributed by atoms with Crippen LogP contribution in [0.25, 0.3) is 0 Å². The lowest BCUT2D eigenvalue weighted by atomic mass is 10.1. The number of carboxylic acid groups (broad SMARTS) is 1. The van der Waals surface area contributed by atoms with Gasteiger partial charge in [0.1, 0.15) is 5.00 Å². The molecule has 6 heteroatoms. The number of carbonyl (C=O) groups excluding carboxylic acids is 1. The number of hydrogen-bond donors (Lipinski definition) is 2. The maximum atomic E-state index is 12.2. The highest BCUT2D eigenvalue weighted by Crippen LogP contribution is 2.32. The predicted octanol–water partition coefficient (Wildman–Crippen LogP) is 3.72. The molecule has 0 atom stereocenters. The standard InChI is InChI=1S/C14H22N2O3S/c1-5-7-16(8-6-2)14(19)15-12-11(13(17)18)9(3)10(4)20-12/h5-8H2,1-4H3,(H,15,19)(H,17,18). The van der Waals surface area contributed by atoms with Gasteiger partial charge in [-0.25, -0.2) is 9.59 Å². The molecule has 0 aliphatic carbocycles. The number of carboxylic acids is 1. The van der Waals surface area contributed by atoms with Gasteiger partial charge >= 0.3 is 12.0 Å². The largest absolute Gasteiger partial charge is 0.478 e. The van der Waals surface area contributed by atoms with Crippen molar-refractivity contribution in [1.82, 2.24) is 4.90 Å². The van der Waals surface area contributed by atoms with Gasteiger partial charge in [-0.1, -0.05) is 13.8 Å². The van der Waals surface area contributed by atoms with E-state index in [0.29, 0.717) is 18.1 Å². The van der Waals surface area contributed by atoms with Crippen molar-refractivity contribution in [1.29, 1.82) is 0 Å². The molecule has 2 N–H and O–H groups in total. The summed E-state index contributed by atoms with van der Waals surface area (Å²) in [6, 6.07) is -0.225. The Kier molecular flexibility index (Phi) is 6.01. The van der Waals surface area contributed by atoms with Crippen molar-refractivity contribution in [2.45, 2.75) is 40.5 Å². The second-order valence-corrected chi connectivity index (χ2v) is 5.93. The van der Waals surface area contributed by atoms with Crippen molar-refractivity contribution in [3.63, 3.8) is 0 Å². The lowest BCUT2D eigenvalue weighted by Crippen LogP contribution is -2.36. The molecule has 1 aromatic heterocycles. The van der Waals surface area contributed by atoms with Gasteiger partial charge in [0, 0.05) is 18.0 Å². The van der Waals surface area contributed by atoms with E-state index in [-0.39, 0.29) is 11.6 Å². The fourth-order valence-corrected chi connectivity index (χ4v) is 3.05. The van der Waals surface area contributed by atoms with Crippen LogP contribution >= 0.6 is 11.3 Å². The molecule has 5 nitrogen and oxygen atoms in total. The van der Waals surface area contributed by atoms with Gasteiger partial charge < -0.3 is 10.0 Å². The van der Waals surface area contributed by atoms with E-state index >= 15 is 0 Å². The number of aromatic carboxylic acids is 1. The van der Waals surface area contributed by atoms with Gasteiger partial charge in [-0.2, -0.15) is 0 Å². The highest BCUT2D eigenvalue weighted by Gasteiger charge is 2.21. The van der Waals surface area contributed by atoms with Gasteiger partial charge in [0.2, 0.25) is 0 Å². The fraction of sp³-hybridized carbons (Fsp3) is 0.571. The van der Waals surface area contributed by atoms with Crippen LogP contribution in [0.3, 0.4) is 0 Å². The summed E-state index contributed by atoms with van der Waals surface area (Å²) in [4.78, 5) is 26.1. The fourth-order valence-electron chi connectivity index (χ4n) is 2.00. The molecule has 0 aliphatic heterocycles. The van der Waals surface area contributed by atoms with E-state index in [9.17, 15) is 14.7 Å². The highest BCUT2D eigenvalue weighted by molar-refractivity contribution is 7.16. The first kappa shape index (κ1) is 16.5. The second kappa shape index (κ2) is 7.28. The average molecular weight is 298 g/mol. The number of carbonyl (C=O) groups is 2. The number of amides is 2. The molecule has 0 unspecified atom stereocenters. The average Bonchev–Trinajstić information content (AvgIpc) is 2.64. The summed E-state index contributed by atoms with van der Waals surface area (Å²) in [7, 11) is 0. The zero-order chi connectivity index (χ0) is 15.3. The maximum absolute atomic E-state index is 12.2. The van der Waals surface area contributed by atoms with Gasteiger partial charge in [-0.15, -0.1) is 11.3 Å². The van der Waals surface area contributed by atoms with Gasteiger partial charge in [0.15, 0.2) is 0 Å². The number of hydrogen-bond acceptors (Lipinski definition) is 3. The molecule has 1 aromatic rings. The molecule has 0 spiro atoms. The molecule has 0 saturated carbocycles. The summed E-state index contributed by atoms with van der Waals surface area (Å²) in [5.74, 6) is -1.00. The summed E-state index contributed by atoms with van der Waals surface area (Å²) >= 11 is 1.31. The van der Waals surface area contributed by atoms with Crippen molar-refractivity contribution >= 4 is 28.3 Å². The lowest BCUT2D eigenvalue weighted by molar-refractivity contribution is 0.0697. The minimum atomic E-state index is -1.00. The minimum Gasteiger partial charge on any atom is -0.478 e. The highest BCUT2D eigenvalue weighted by atomic mass is 32.1. The van der Waals surface area contributed by atoms with Crippen LogP contribution in [0.15, 0.2) is 0 Å². The van der Waals surface area contributed by atoms with E-state index in [4.69, 9.17) is 0 Å². The summed E-state index contributed by atoms with van der Waals surface area (Å²) in [5, 5.41) is 12.4. The predicted molar refractivity (Wildman–Crippen MR) is 81.9 cm³/mol. The Hall–Kier alpha value is -1.56. The normalized spacial score (nSPS) is 10.4. The third-order valence-corrected chi connectivity index (χ3v) is 4.22. The van der Waals surface area contributed by atoms with Crippen LogP contribution in [-0.2, 0) is 0 Å². The van der Waals surface area contributed by atoms with Crippen molar-refractivity contribution in [2.75, 3.05) is 18.4 Å². The Bertz CT molecular complexity index is 491. The molecular formula is C14H22N2O3S. The number of rotatable bonds is 6. The Morgan fingerprint density at radius 1 is 1.20 bits per heavy atom. The van der Waals surface area contributed by atoms with Crippen LogP contribution < -0.4 is 5.32 Å². The zero-order valence-corrected chi connectivity index (χ0v) is 13.3.